The van der Waals surface area contributed by atoms with Crippen LogP contribution in [0.1, 0.15) is 10.4 Å². The number of aliphatic hydroxyl groups is 1. The smallest absolute Gasteiger partial charge is 0.255 e. The first-order valence-electron chi connectivity index (χ1n) is 5.78. The maximum Gasteiger partial charge on any atom is 0.255 e. The number of rotatable bonds is 6. The predicted molar refractivity (Wildman–Crippen MR) is 70.7 cm³/mol. The van der Waals surface area contributed by atoms with E-state index < -0.39 is 6.10 Å². The van der Waals surface area contributed by atoms with Gasteiger partial charge in [0.1, 0.15) is 5.82 Å². The number of pyridine rings is 1. The summed E-state index contributed by atoms with van der Waals surface area (Å²) in [6.45, 7) is 0.723. The number of carbonyl (C=O) groups is 1. The zero-order valence-electron chi connectivity index (χ0n) is 11.0. The van der Waals surface area contributed by atoms with E-state index in [1.807, 2.05) is 19.0 Å². The Kier molecular flexibility index (Phi) is 5.54. The molecule has 0 saturated heterocycles. The number of carbonyl (C=O) groups excluding carboxylic acids is 1. The summed E-state index contributed by atoms with van der Waals surface area (Å²) in [6.07, 6.45) is 1.03. The third-order valence-electron chi connectivity index (χ3n) is 2.36. The number of nitrogens with one attached hydrogen (secondary N) is 2. The van der Waals surface area contributed by atoms with Gasteiger partial charge in [0.2, 0.25) is 0 Å². The highest BCUT2D eigenvalue weighted by Gasteiger charge is 2.13. The van der Waals surface area contributed by atoms with E-state index in [2.05, 4.69) is 15.6 Å². The number of amides is 1. The lowest BCUT2D eigenvalue weighted by molar-refractivity contribution is 0.0893. The molecular weight excluding hydrogens is 232 g/mol. The number of likely N-dealkylation sites (N-methyl/N-ethyl adjacent to an activating group) is 1. The summed E-state index contributed by atoms with van der Waals surface area (Å²) >= 11 is 0. The lowest BCUT2D eigenvalue weighted by Crippen LogP contribution is -2.37. The highest BCUT2D eigenvalue weighted by molar-refractivity contribution is 5.98. The van der Waals surface area contributed by atoms with Crippen molar-refractivity contribution in [2.24, 2.45) is 0 Å². The van der Waals surface area contributed by atoms with Gasteiger partial charge in [-0.1, -0.05) is 0 Å². The van der Waals surface area contributed by atoms with Crippen LogP contribution in [0.15, 0.2) is 18.3 Å². The van der Waals surface area contributed by atoms with Crippen LogP contribution in [-0.2, 0) is 0 Å². The molecule has 1 heterocycles. The van der Waals surface area contributed by atoms with Crippen LogP contribution in [0.3, 0.4) is 0 Å². The summed E-state index contributed by atoms with van der Waals surface area (Å²) in [4.78, 5) is 17.8. The zero-order chi connectivity index (χ0) is 13.5. The van der Waals surface area contributed by atoms with Crippen LogP contribution in [0.4, 0.5) is 5.82 Å². The van der Waals surface area contributed by atoms with Crippen molar-refractivity contribution in [2.45, 2.75) is 6.10 Å². The van der Waals surface area contributed by atoms with Crippen LogP contribution in [-0.4, -0.2) is 61.2 Å². The number of aromatic nitrogens is 1. The predicted octanol–water partition coefficient (Wildman–Crippen LogP) is -0.224. The third kappa shape index (κ3) is 4.31. The number of hydrogen-bond donors (Lipinski definition) is 3. The summed E-state index contributed by atoms with van der Waals surface area (Å²) in [5.74, 6) is 0.280. The first-order valence-corrected chi connectivity index (χ1v) is 5.78. The molecule has 6 nitrogen and oxygen atoms in total. The van der Waals surface area contributed by atoms with Crippen molar-refractivity contribution >= 4 is 11.7 Å². The van der Waals surface area contributed by atoms with Gasteiger partial charge in [-0.2, -0.15) is 0 Å². The Morgan fingerprint density at radius 2 is 2.28 bits per heavy atom. The second-order valence-electron chi connectivity index (χ2n) is 4.28. The van der Waals surface area contributed by atoms with E-state index in [4.69, 9.17) is 0 Å². The molecular formula is C12H20N4O2. The SMILES string of the molecule is CNc1ncccc1C(=O)NCC(O)CN(C)C. The summed E-state index contributed by atoms with van der Waals surface area (Å²) in [6, 6.07) is 3.39. The number of aliphatic hydroxyl groups excluding tert-OH is 1. The van der Waals surface area contributed by atoms with Crippen molar-refractivity contribution in [1.29, 1.82) is 0 Å². The monoisotopic (exact) mass is 252 g/mol. The molecule has 0 fully saturated rings. The molecule has 0 spiro atoms. The first kappa shape index (κ1) is 14.4. The van der Waals surface area contributed by atoms with Gasteiger partial charge in [0.15, 0.2) is 0 Å². The lowest BCUT2D eigenvalue weighted by atomic mass is 10.2. The Hall–Kier alpha value is -1.66. The van der Waals surface area contributed by atoms with Crippen LogP contribution < -0.4 is 10.6 Å². The summed E-state index contributed by atoms with van der Waals surface area (Å²) < 4.78 is 0. The van der Waals surface area contributed by atoms with E-state index in [1.54, 1.807) is 25.4 Å². The quantitative estimate of drug-likeness (QED) is 0.652. The Morgan fingerprint density at radius 1 is 1.56 bits per heavy atom. The number of hydrogen-bond acceptors (Lipinski definition) is 5. The molecule has 0 saturated carbocycles. The Bertz CT molecular complexity index is 395. The van der Waals surface area contributed by atoms with E-state index in [-0.39, 0.29) is 12.5 Å². The molecule has 1 rings (SSSR count). The van der Waals surface area contributed by atoms with E-state index in [9.17, 15) is 9.90 Å². The van der Waals surface area contributed by atoms with Crippen LogP contribution in [0.25, 0.3) is 0 Å². The van der Waals surface area contributed by atoms with Crippen molar-refractivity contribution in [3.8, 4) is 0 Å². The molecule has 1 aromatic rings. The second kappa shape index (κ2) is 6.93. The zero-order valence-corrected chi connectivity index (χ0v) is 11.0. The van der Waals surface area contributed by atoms with Gasteiger partial charge in [-0.3, -0.25) is 4.79 Å². The van der Waals surface area contributed by atoms with Gasteiger partial charge in [0, 0.05) is 26.3 Å². The van der Waals surface area contributed by atoms with Gasteiger partial charge in [0.25, 0.3) is 5.91 Å². The van der Waals surface area contributed by atoms with Gasteiger partial charge in [-0.05, 0) is 26.2 Å². The van der Waals surface area contributed by atoms with Gasteiger partial charge in [-0.25, -0.2) is 4.98 Å². The third-order valence-corrected chi connectivity index (χ3v) is 2.36. The van der Waals surface area contributed by atoms with Gasteiger partial charge in [0.05, 0.1) is 11.7 Å². The molecule has 0 aliphatic carbocycles. The molecule has 1 aromatic heterocycles. The average molecular weight is 252 g/mol. The molecule has 0 radical (unpaired) electrons. The largest absolute Gasteiger partial charge is 0.390 e. The maximum absolute atomic E-state index is 11.9. The van der Waals surface area contributed by atoms with E-state index in [0.29, 0.717) is 17.9 Å². The average Bonchev–Trinajstić information content (AvgIpc) is 2.35. The summed E-state index contributed by atoms with van der Waals surface area (Å²) in [5.41, 5.74) is 0.469. The lowest BCUT2D eigenvalue weighted by Gasteiger charge is -2.16. The van der Waals surface area contributed by atoms with E-state index in [1.165, 1.54) is 0 Å². The van der Waals surface area contributed by atoms with Crippen LogP contribution in [0.5, 0.6) is 0 Å². The van der Waals surface area contributed by atoms with Crippen molar-refractivity contribution in [3.63, 3.8) is 0 Å². The first-order chi connectivity index (χ1) is 8.54. The summed E-state index contributed by atoms with van der Waals surface area (Å²) in [7, 11) is 5.44. The van der Waals surface area contributed by atoms with Gasteiger partial charge < -0.3 is 20.6 Å². The normalized spacial score (nSPS) is 12.3. The van der Waals surface area contributed by atoms with Crippen LogP contribution in [0.2, 0.25) is 0 Å². The highest BCUT2D eigenvalue weighted by Crippen LogP contribution is 2.09. The molecule has 1 atom stereocenters. The van der Waals surface area contributed by atoms with E-state index >= 15 is 0 Å². The van der Waals surface area contributed by atoms with Crippen molar-refractivity contribution in [2.75, 3.05) is 39.5 Å². The van der Waals surface area contributed by atoms with Crippen LogP contribution in [0, 0.1) is 0 Å². The minimum atomic E-state index is -0.585. The van der Waals surface area contributed by atoms with Gasteiger partial charge >= 0.3 is 0 Å². The molecule has 0 aliphatic rings. The van der Waals surface area contributed by atoms with Crippen LogP contribution >= 0.6 is 0 Å². The van der Waals surface area contributed by atoms with Crippen molar-refractivity contribution < 1.29 is 9.90 Å². The number of nitrogens with zero attached hydrogens (tertiary/aromatic N) is 2. The Labute approximate surface area is 107 Å². The standard InChI is InChI=1S/C12H20N4O2/c1-13-11-10(5-4-6-14-11)12(18)15-7-9(17)8-16(2)3/h4-6,9,17H,7-8H2,1-3H3,(H,13,14)(H,15,18). The molecule has 1 unspecified atom stereocenters. The Morgan fingerprint density at radius 3 is 2.89 bits per heavy atom. The topological polar surface area (TPSA) is 77.5 Å². The Balaban J connectivity index is 2.55. The molecule has 1 amide bonds. The minimum absolute atomic E-state index is 0.217. The van der Waals surface area contributed by atoms with Crippen molar-refractivity contribution in [3.05, 3.63) is 23.9 Å². The fraction of sp³-hybridized carbons (Fsp3) is 0.500. The second-order valence-corrected chi connectivity index (χ2v) is 4.28. The van der Waals surface area contributed by atoms with E-state index in [0.717, 1.165) is 0 Å². The fourth-order valence-corrected chi connectivity index (χ4v) is 1.58. The highest BCUT2D eigenvalue weighted by atomic mass is 16.3. The fourth-order valence-electron chi connectivity index (χ4n) is 1.58. The molecule has 0 bridgehead atoms. The maximum atomic E-state index is 11.9. The number of anilines is 1. The molecule has 0 aromatic carbocycles. The minimum Gasteiger partial charge on any atom is -0.390 e. The van der Waals surface area contributed by atoms with Crippen molar-refractivity contribution in [1.82, 2.24) is 15.2 Å². The molecule has 0 aliphatic heterocycles. The molecule has 100 valence electrons. The van der Waals surface area contributed by atoms with Gasteiger partial charge in [-0.15, -0.1) is 0 Å². The summed E-state index contributed by atoms with van der Waals surface area (Å²) in [5, 5.41) is 15.2. The molecule has 3 N–H and O–H groups in total. The molecule has 6 heteroatoms. The molecule has 18 heavy (non-hydrogen) atoms.